The number of aromatic nitrogens is 3. The Balaban J connectivity index is 1.58. The maximum Gasteiger partial charge on any atom is 0.223 e. The summed E-state index contributed by atoms with van der Waals surface area (Å²) in [5.74, 6) is -0.251. The molecule has 33 heavy (non-hydrogen) atoms. The zero-order chi connectivity index (χ0) is 23.4. The van der Waals surface area contributed by atoms with Gasteiger partial charge in [-0.1, -0.05) is 48.7 Å². The number of benzene rings is 2. The summed E-state index contributed by atoms with van der Waals surface area (Å²) in [5.41, 5.74) is 2.27. The number of carbonyl (C=O) groups excluding carboxylic acids is 1. The third-order valence-electron chi connectivity index (χ3n) is 6.23. The molecule has 1 saturated heterocycles. The van der Waals surface area contributed by atoms with E-state index < -0.39 is 12.1 Å². The van der Waals surface area contributed by atoms with Crippen LogP contribution in [0, 0.1) is 5.82 Å². The van der Waals surface area contributed by atoms with Crippen LogP contribution >= 0.6 is 11.6 Å². The zero-order valence-electron chi connectivity index (χ0n) is 18.6. The second-order valence-corrected chi connectivity index (χ2v) is 8.97. The number of unbranched alkanes of at least 4 members (excludes halogenated alkanes) is 2. The van der Waals surface area contributed by atoms with Crippen molar-refractivity contribution in [2.75, 3.05) is 6.54 Å². The minimum Gasteiger partial charge on any atom is -0.391 e. The smallest absolute Gasteiger partial charge is 0.223 e. The lowest BCUT2D eigenvalue weighted by molar-refractivity contribution is -0.139. The highest BCUT2D eigenvalue weighted by Crippen LogP contribution is 2.37. The summed E-state index contributed by atoms with van der Waals surface area (Å²) in [5, 5.41) is 20.1. The third kappa shape index (κ3) is 5.42. The SMILES string of the molecule is CCCCCC(=O)N1C[C@@H](n2cc(-c3ccc(F)cc3)nn2)[C@H](O)C[C@@H]1c1ccc(Cl)cc1. The van der Waals surface area contributed by atoms with Gasteiger partial charge in [-0.3, -0.25) is 4.79 Å². The first-order valence-corrected chi connectivity index (χ1v) is 11.7. The number of hydrogen-bond acceptors (Lipinski definition) is 4. The highest BCUT2D eigenvalue weighted by Gasteiger charge is 2.39. The molecule has 1 aromatic heterocycles. The molecule has 1 fully saturated rings. The number of aliphatic hydroxyl groups is 1. The number of piperidine rings is 1. The van der Waals surface area contributed by atoms with Crippen LogP contribution < -0.4 is 0 Å². The van der Waals surface area contributed by atoms with Gasteiger partial charge in [0.1, 0.15) is 11.5 Å². The Bertz CT molecular complexity index is 1070. The van der Waals surface area contributed by atoms with Crippen LogP contribution in [0.5, 0.6) is 0 Å². The van der Waals surface area contributed by atoms with Gasteiger partial charge in [0, 0.05) is 30.0 Å². The summed E-state index contributed by atoms with van der Waals surface area (Å²) >= 11 is 6.06. The first kappa shape index (κ1) is 23.4. The minimum absolute atomic E-state index is 0.0687. The molecule has 1 N–H and O–H groups in total. The molecular weight excluding hydrogens is 443 g/mol. The summed E-state index contributed by atoms with van der Waals surface area (Å²) in [6.07, 6.45) is 4.76. The van der Waals surface area contributed by atoms with Gasteiger partial charge in [0.05, 0.1) is 24.4 Å². The topological polar surface area (TPSA) is 71.2 Å². The van der Waals surface area contributed by atoms with Crippen molar-refractivity contribution in [1.29, 1.82) is 0 Å². The fourth-order valence-electron chi connectivity index (χ4n) is 4.36. The van der Waals surface area contributed by atoms with Crippen molar-refractivity contribution >= 4 is 17.5 Å². The Morgan fingerprint density at radius 3 is 2.58 bits per heavy atom. The second-order valence-electron chi connectivity index (χ2n) is 8.53. The van der Waals surface area contributed by atoms with E-state index in [4.69, 9.17) is 11.6 Å². The number of hydrogen-bond donors (Lipinski definition) is 1. The summed E-state index contributed by atoms with van der Waals surface area (Å²) in [7, 11) is 0. The van der Waals surface area contributed by atoms with Crippen molar-refractivity contribution < 1.29 is 14.3 Å². The largest absolute Gasteiger partial charge is 0.391 e. The van der Waals surface area contributed by atoms with Gasteiger partial charge < -0.3 is 10.0 Å². The van der Waals surface area contributed by atoms with Gasteiger partial charge in [-0.25, -0.2) is 9.07 Å². The molecule has 1 amide bonds. The van der Waals surface area contributed by atoms with Crippen LogP contribution in [0.1, 0.15) is 56.7 Å². The van der Waals surface area contributed by atoms with Crippen LogP contribution in [0.25, 0.3) is 11.3 Å². The summed E-state index contributed by atoms with van der Waals surface area (Å²) < 4.78 is 14.9. The molecule has 0 saturated carbocycles. The first-order chi connectivity index (χ1) is 16.0. The summed E-state index contributed by atoms with van der Waals surface area (Å²) in [6, 6.07) is 12.8. The lowest BCUT2D eigenvalue weighted by Crippen LogP contribution is -2.48. The maximum absolute atomic E-state index is 13.3. The standard InChI is InChI=1S/C25H28ClFN4O2/c1-2-3-4-5-25(33)30-16-23(24(32)14-22(30)18-6-10-19(26)11-7-18)31-15-21(28-29-31)17-8-12-20(27)13-9-17/h6-13,15,22-24,32H,2-5,14,16H2,1H3/t22-,23-,24-/m1/s1. The zero-order valence-corrected chi connectivity index (χ0v) is 19.3. The molecule has 8 heteroatoms. The number of amides is 1. The molecule has 2 aromatic carbocycles. The lowest BCUT2D eigenvalue weighted by Gasteiger charge is -2.42. The van der Waals surface area contributed by atoms with E-state index >= 15 is 0 Å². The molecule has 3 atom stereocenters. The van der Waals surface area contributed by atoms with Crippen LogP contribution in [0.3, 0.4) is 0 Å². The van der Waals surface area contributed by atoms with Gasteiger partial charge in [-0.2, -0.15) is 0 Å². The van der Waals surface area contributed by atoms with Gasteiger partial charge in [-0.05, 0) is 48.4 Å². The number of halogens is 2. The van der Waals surface area contributed by atoms with Crippen molar-refractivity contribution in [2.24, 2.45) is 0 Å². The van der Waals surface area contributed by atoms with E-state index in [1.165, 1.54) is 12.1 Å². The van der Waals surface area contributed by atoms with Gasteiger partial charge >= 0.3 is 0 Å². The summed E-state index contributed by atoms with van der Waals surface area (Å²) in [4.78, 5) is 15.1. The van der Waals surface area contributed by atoms with Crippen molar-refractivity contribution in [1.82, 2.24) is 19.9 Å². The number of aliphatic hydroxyl groups excluding tert-OH is 1. The Morgan fingerprint density at radius 1 is 1.15 bits per heavy atom. The van der Waals surface area contributed by atoms with E-state index in [0.29, 0.717) is 30.1 Å². The van der Waals surface area contributed by atoms with E-state index in [2.05, 4.69) is 17.2 Å². The van der Waals surface area contributed by atoms with E-state index in [1.54, 1.807) is 23.0 Å². The predicted octanol–water partition coefficient (Wildman–Crippen LogP) is 5.19. The molecule has 1 aliphatic rings. The quantitative estimate of drug-likeness (QED) is 0.482. The third-order valence-corrected chi connectivity index (χ3v) is 6.48. The number of nitrogens with zero attached hydrogens (tertiary/aromatic N) is 4. The fourth-order valence-corrected chi connectivity index (χ4v) is 4.49. The molecule has 6 nitrogen and oxygen atoms in total. The Morgan fingerprint density at radius 2 is 1.88 bits per heavy atom. The Hall–Kier alpha value is -2.77. The van der Waals surface area contributed by atoms with Gasteiger partial charge in [0.2, 0.25) is 5.91 Å². The predicted molar refractivity (Wildman–Crippen MR) is 125 cm³/mol. The molecule has 0 unspecified atom stereocenters. The molecule has 0 spiro atoms. The van der Waals surface area contributed by atoms with E-state index in [-0.39, 0.29) is 17.8 Å². The van der Waals surface area contributed by atoms with Crippen molar-refractivity contribution in [3.63, 3.8) is 0 Å². The average Bonchev–Trinajstić information content (AvgIpc) is 3.30. The van der Waals surface area contributed by atoms with Crippen molar-refractivity contribution in [3.8, 4) is 11.3 Å². The van der Waals surface area contributed by atoms with Crippen molar-refractivity contribution in [3.05, 3.63) is 71.1 Å². The molecule has 1 aliphatic heterocycles. The molecule has 0 aliphatic carbocycles. The van der Waals surface area contributed by atoms with Crippen LogP contribution in [-0.2, 0) is 4.79 Å². The number of likely N-dealkylation sites (tertiary alicyclic amines) is 1. The monoisotopic (exact) mass is 470 g/mol. The van der Waals surface area contributed by atoms with Gasteiger partial charge in [-0.15, -0.1) is 5.10 Å². The van der Waals surface area contributed by atoms with Crippen LogP contribution in [0.4, 0.5) is 4.39 Å². The fraction of sp³-hybridized carbons (Fsp3) is 0.400. The molecule has 174 valence electrons. The Labute approximate surface area is 198 Å². The second kappa shape index (κ2) is 10.4. The maximum atomic E-state index is 13.3. The number of rotatable bonds is 7. The van der Waals surface area contributed by atoms with E-state index in [9.17, 15) is 14.3 Å². The Kier molecular flexibility index (Phi) is 7.40. The molecule has 0 bridgehead atoms. The van der Waals surface area contributed by atoms with Crippen molar-refractivity contribution in [2.45, 2.75) is 57.2 Å². The highest BCUT2D eigenvalue weighted by atomic mass is 35.5. The minimum atomic E-state index is -0.715. The average molecular weight is 471 g/mol. The number of carbonyl (C=O) groups is 1. The molecule has 4 rings (SSSR count). The van der Waals surface area contributed by atoms with Crippen LogP contribution in [0.2, 0.25) is 5.02 Å². The highest BCUT2D eigenvalue weighted by molar-refractivity contribution is 6.30. The molecule has 2 heterocycles. The molecular formula is C25H28ClFN4O2. The molecule has 0 radical (unpaired) electrons. The van der Waals surface area contributed by atoms with Gasteiger partial charge in [0.25, 0.3) is 0 Å². The first-order valence-electron chi connectivity index (χ1n) is 11.4. The van der Waals surface area contributed by atoms with E-state index in [0.717, 1.165) is 30.4 Å². The van der Waals surface area contributed by atoms with Crippen LogP contribution in [0.15, 0.2) is 54.7 Å². The molecule has 3 aromatic rings. The normalized spacial score (nSPS) is 20.7. The van der Waals surface area contributed by atoms with Crippen LogP contribution in [-0.4, -0.2) is 43.6 Å². The van der Waals surface area contributed by atoms with E-state index in [1.807, 2.05) is 29.2 Å². The lowest BCUT2D eigenvalue weighted by atomic mass is 9.90. The van der Waals surface area contributed by atoms with Gasteiger partial charge in [0.15, 0.2) is 0 Å². The summed E-state index contributed by atoms with van der Waals surface area (Å²) in [6.45, 7) is 2.43.